The number of carbonyl (C=O) groups excluding carboxylic acids is 3. The van der Waals surface area contributed by atoms with E-state index < -0.39 is 18.1 Å². The van der Waals surface area contributed by atoms with E-state index in [1.54, 1.807) is 11.8 Å². The predicted molar refractivity (Wildman–Crippen MR) is 105 cm³/mol. The monoisotopic (exact) mass is 386 g/mol. The van der Waals surface area contributed by atoms with Crippen molar-refractivity contribution in [3.05, 3.63) is 0 Å². The van der Waals surface area contributed by atoms with E-state index in [4.69, 9.17) is 4.74 Å². The van der Waals surface area contributed by atoms with Gasteiger partial charge in [0.25, 0.3) is 0 Å². The molecule has 0 saturated heterocycles. The maximum absolute atomic E-state index is 12.7. The van der Waals surface area contributed by atoms with Gasteiger partial charge in [0.1, 0.15) is 12.1 Å². The van der Waals surface area contributed by atoms with E-state index in [2.05, 4.69) is 17.6 Å². The van der Waals surface area contributed by atoms with E-state index in [-0.39, 0.29) is 23.7 Å². The van der Waals surface area contributed by atoms with Gasteiger partial charge < -0.3 is 15.4 Å². The van der Waals surface area contributed by atoms with Crippen LogP contribution < -0.4 is 10.6 Å². The lowest BCUT2D eigenvalue weighted by atomic mass is 9.82. The molecule has 2 N–H and O–H groups in total. The first kappa shape index (κ1) is 22.8. The Morgan fingerprint density at radius 2 is 1.73 bits per heavy atom. The lowest BCUT2D eigenvalue weighted by Gasteiger charge is -2.29. The highest BCUT2D eigenvalue weighted by Gasteiger charge is 2.32. The quantitative estimate of drug-likeness (QED) is 0.594. The summed E-state index contributed by atoms with van der Waals surface area (Å²) in [4.78, 5) is 37.2. The summed E-state index contributed by atoms with van der Waals surface area (Å²) in [6.07, 6.45) is 6.29. The maximum atomic E-state index is 12.7. The normalized spacial score (nSPS) is 22.4. The van der Waals surface area contributed by atoms with Crippen molar-refractivity contribution in [3.8, 4) is 0 Å². The number of esters is 1. The van der Waals surface area contributed by atoms with Gasteiger partial charge in [-0.3, -0.25) is 9.59 Å². The summed E-state index contributed by atoms with van der Waals surface area (Å²) in [5.74, 6) is 0.480. The van der Waals surface area contributed by atoms with E-state index in [9.17, 15) is 14.4 Å². The third-order valence-electron chi connectivity index (χ3n) is 5.05. The van der Waals surface area contributed by atoms with Crippen LogP contribution in [-0.4, -0.2) is 49.0 Å². The lowest BCUT2D eigenvalue weighted by molar-refractivity contribution is -0.145. The smallest absolute Gasteiger partial charge is 0.328 e. The minimum Gasteiger partial charge on any atom is -0.467 e. The SMILES string of the molecule is COC(=O)[C@@H](CCSC)NC(=O)[C@@H](NC(=O)C1CCC(C)CC1)C(C)C. The first-order valence-corrected chi connectivity index (χ1v) is 10.9. The molecule has 1 rings (SSSR count). The molecule has 0 heterocycles. The average Bonchev–Trinajstić information content (AvgIpc) is 2.62. The van der Waals surface area contributed by atoms with Crippen molar-refractivity contribution in [3.63, 3.8) is 0 Å². The van der Waals surface area contributed by atoms with Crippen LogP contribution in [-0.2, 0) is 19.1 Å². The van der Waals surface area contributed by atoms with Gasteiger partial charge in [-0.1, -0.05) is 20.8 Å². The number of ether oxygens (including phenoxy) is 1. The largest absolute Gasteiger partial charge is 0.467 e. The highest BCUT2D eigenvalue weighted by atomic mass is 32.2. The second kappa shape index (κ2) is 11.5. The number of carbonyl (C=O) groups is 3. The molecular formula is C19H34N2O4S. The summed E-state index contributed by atoms with van der Waals surface area (Å²) in [6, 6.07) is -1.34. The first-order valence-electron chi connectivity index (χ1n) is 9.47. The van der Waals surface area contributed by atoms with Crippen LogP contribution in [0.5, 0.6) is 0 Å². The van der Waals surface area contributed by atoms with E-state index in [1.165, 1.54) is 7.11 Å². The Balaban J connectivity index is 2.70. The second-order valence-electron chi connectivity index (χ2n) is 7.55. The zero-order chi connectivity index (χ0) is 19.7. The third kappa shape index (κ3) is 7.17. The van der Waals surface area contributed by atoms with Crippen molar-refractivity contribution in [1.82, 2.24) is 10.6 Å². The molecule has 0 unspecified atom stereocenters. The number of methoxy groups -OCH3 is 1. The fourth-order valence-electron chi connectivity index (χ4n) is 3.22. The fourth-order valence-corrected chi connectivity index (χ4v) is 3.69. The molecule has 0 aromatic rings. The molecule has 2 atom stereocenters. The van der Waals surface area contributed by atoms with Crippen LogP contribution in [0.3, 0.4) is 0 Å². The first-order chi connectivity index (χ1) is 12.3. The molecule has 0 spiro atoms. The van der Waals surface area contributed by atoms with E-state index in [1.807, 2.05) is 20.1 Å². The molecule has 0 radical (unpaired) electrons. The highest BCUT2D eigenvalue weighted by Crippen LogP contribution is 2.28. The molecule has 6 nitrogen and oxygen atoms in total. The Morgan fingerprint density at radius 3 is 2.23 bits per heavy atom. The molecular weight excluding hydrogens is 352 g/mol. The summed E-state index contributed by atoms with van der Waals surface area (Å²) in [5.41, 5.74) is 0. The van der Waals surface area contributed by atoms with Crippen molar-refractivity contribution in [2.75, 3.05) is 19.1 Å². The van der Waals surface area contributed by atoms with Crippen molar-refractivity contribution in [2.45, 2.75) is 65.0 Å². The number of hydrogen-bond donors (Lipinski definition) is 2. The molecule has 7 heteroatoms. The van der Waals surface area contributed by atoms with Gasteiger partial charge in [0, 0.05) is 5.92 Å². The van der Waals surface area contributed by atoms with Crippen LogP contribution >= 0.6 is 11.8 Å². The summed E-state index contributed by atoms with van der Waals surface area (Å²) in [5, 5.41) is 5.67. The molecule has 0 bridgehead atoms. The van der Waals surface area contributed by atoms with Gasteiger partial charge in [-0.2, -0.15) is 11.8 Å². The van der Waals surface area contributed by atoms with Crippen molar-refractivity contribution < 1.29 is 19.1 Å². The van der Waals surface area contributed by atoms with Gasteiger partial charge in [-0.25, -0.2) is 4.79 Å². The molecule has 0 aliphatic heterocycles. The summed E-state index contributed by atoms with van der Waals surface area (Å²) < 4.78 is 4.79. The molecule has 1 aliphatic carbocycles. The van der Waals surface area contributed by atoms with E-state index in [0.29, 0.717) is 12.3 Å². The minimum absolute atomic E-state index is 0.0202. The Kier molecular flexibility index (Phi) is 10.1. The Bertz CT molecular complexity index is 476. The molecule has 0 aromatic heterocycles. The van der Waals surface area contributed by atoms with Crippen LogP contribution in [0.1, 0.15) is 52.9 Å². The Labute approximate surface area is 161 Å². The van der Waals surface area contributed by atoms with Gasteiger partial charge in [-0.05, 0) is 55.9 Å². The number of thioether (sulfide) groups is 1. The Hall–Kier alpha value is -1.24. The standard InChI is InChI=1S/C19H34N2O4S/c1-12(2)16(21-17(22)14-8-6-13(3)7-9-14)18(23)20-15(10-11-26-5)19(24)25-4/h12-16H,6-11H2,1-5H3,(H,20,23)(H,21,22)/t13?,14?,15-,16+/m1/s1. The van der Waals surface area contributed by atoms with E-state index >= 15 is 0 Å². The summed E-state index contributed by atoms with van der Waals surface area (Å²) >= 11 is 1.60. The van der Waals surface area contributed by atoms with Gasteiger partial charge in [-0.15, -0.1) is 0 Å². The second-order valence-corrected chi connectivity index (χ2v) is 8.54. The zero-order valence-electron chi connectivity index (χ0n) is 16.7. The third-order valence-corrected chi connectivity index (χ3v) is 5.69. The molecule has 150 valence electrons. The summed E-state index contributed by atoms with van der Waals surface area (Å²) in [7, 11) is 1.31. The zero-order valence-corrected chi connectivity index (χ0v) is 17.5. The van der Waals surface area contributed by atoms with Crippen LogP contribution in [0.2, 0.25) is 0 Å². The van der Waals surface area contributed by atoms with Crippen molar-refractivity contribution in [2.24, 2.45) is 17.8 Å². The number of rotatable bonds is 9. The molecule has 1 fully saturated rings. The fraction of sp³-hybridized carbons (Fsp3) is 0.842. The van der Waals surface area contributed by atoms with Crippen molar-refractivity contribution >= 4 is 29.5 Å². The summed E-state index contributed by atoms with van der Waals surface area (Å²) in [6.45, 7) is 5.99. The average molecular weight is 387 g/mol. The number of amides is 2. The lowest BCUT2D eigenvalue weighted by Crippen LogP contribution is -2.55. The molecule has 1 saturated carbocycles. The molecule has 26 heavy (non-hydrogen) atoms. The molecule has 2 amide bonds. The minimum atomic E-state index is -0.686. The maximum Gasteiger partial charge on any atom is 0.328 e. The predicted octanol–water partition coefficient (Wildman–Crippen LogP) is 2.36. The van der Waals surface area contributed by atoms with Gasteiger partial charge in [0.2, 0.25) is 11.8 Å². The van der Waals surface area contributed by atoms with Crippen LogP contribution in [0.25, 0.3) is 0 Å². The van der Waals surface area contributed by atoms with Crippen LogP contribution in [0.4, 0.5) is 0 Å². The topological polar surface area (TPSA) is 84.5 Å². The van der Waals surface area contributed by atoms with Crippen LogP contribution in [0.15, 0.2) is 0 Å². The van der Waals surface area contributed by atoms with Gasteiger partial charge in [0.15, 0.2) is 0 Å². The molecule has 1 aliphatic rings. The van der Waals surface area contributed by atoms with Crippen LogP contribution in [0, 0.1) is 17.8 Å². The number of hydrogen-bond acceptors (Lipinski definition) is 5. The highest BCUT2D eigenvalue weighted by molar-refractivity contribution is 7.98. The number of nitrogens with one attached hydrogen (secondary N) is 2. The van der Waals surface area contributed by atoms with Crippen molar-refractivity contribution in [1.29, 1.82) is 0 Å². The Morgan fingerprint density at radius 1 is 1.12 bits per heavy atom. The van der Waals surface area contributed by atoms with Gasteiger partial charge in [0.05, 0.1) is 7.11 Å². The van der Waals surface area contributed by atoms with E-state index in [0.717, 1.165) is 31.4 Å². The van der Waals surface area contributed by atoms with Gasteiger partial charge >= 0.3 is 5.97 Å². The molecule has 0 aromatic carbocycles.